The number of hydrogen-bond acceptors (Lipinski definition) is 3. The lowest BCUT2D eigenvalue weighted by atomic mass is 10.1. The number of anilines is 1. The van der Waals surface area contributed by atoms with Gasteiger partial charge in [0, 0.05) is 5.69 Å². The molecule has 29 heavy (non-hydrogen) atoms. The number of hydrogen-bond donors (Lipinski definition) is 1. The highest BCUT2D eigenvalue weighted by Gasteiger charge is 2.31. The standard InChI is InChI=1S/C20H12F5NO3/c21-16-2-1-3-17(22)18(16)19(27)26-12-4-6-13(7-5-12)28-14-8-10-15(11-9-14)29-20(23,24)25/h1-11H,(H,26,27). The van der Waals surface area contributed by atoms with Crippen LogP contribution in [0.4, 0.5) is 27.6 Å². The Labute approximate surface area is 161 Å². The number of carbonyl (C=O) groups is 1. The average molecular weight is 409 g/mol. The molecule has 4 nitrogen and oxygen atoms in total. The molecule has 0 aliphatic carbocycles. The lowest BCUT2D eigenvalue weighted by Crippen LogP contribution is -2.16. The molecule has 1 amide bonds. The molecule has 3 rings (SSSR count). The van der Waals surface area contributed by atoms with Crippen LogP contribution >= 0.6 is 0 Å². The summed E-state index contributed by atoms with van der Waals surface area (Å²) in [6.07, 6.45) is -4.78. The molecule has 0 spiro atoms. The van der Waals surface area contributed by atoms with E-state index in [0.29, 0.717) is 5.75 Å². The number of ether oxygens (including phenoxy) is 2. The van der Waals surface area contributed by atoms with E-state index >= 15 is 0 Å². The van der Waals surface area contributed by atoms with Crippen LogP contribution in [-0.4, -0.2) is 12.3 Å². The van der Waals surface area contributed by atoms with Gasteiger partial charge in [-0.1, -0.05) is 6.07 Å². The fraction of sp³-hybridized carbons (Fsp3) is 0.0500. The second kappa shape index (κ2) is 8.17. The van der Waals surface area contributed by atoms with E-state index in [1.165, 1.54) is 36.4 Å². The highest BCUT2D eigenvalue weighted by atomic mass is 19.4. The first-order valence-corrected chi connectivity index (χ1v) is 8.10. The van der Waals surface area contributed by atoms with Crippen LogP contribution in [0.15, 0.2) is 66.7 Å². The number of halogens is 5. The van der Waals surface area contributed by atoms with Crippen molar-refractivity contribution in [1.29, 1.82) is 0 Å². The summed E-state index contributed by atoms with van der Waals surface area (Å²) in [5.74, 6) is -2.73. The molecule has 0 atom stereocenters. The van der Waals surface area contributed by atoms with Gasteiger partial charge in [0.2, 0.25) is 0 Å². The SMILES string of the molecule is O=C(Nc1ccc(Oc2ccc(OC(F)(F)F)cc2)cc1)c1c(F)cccc1F. The highest BCUT2D eigenvalue weighted by Crippen LogP contribution is 2.28. The van der Waals surface area contributed by atoms with Gasteiger partial charge in [-0.05, 0) is 60.7 Å². The van der Waals surface area contributed by atoms with Gasteiger partial charge < -0.3 is 14.8 Å². The molecule has 0 saturated carbocycles. The molecular weight excluding hydrogens is 397 g/mol. The first-order valence-electron chi connectivity index (χ1n) is 8.10. The Morgan fingerprint density at radius 3 is 1.76 bits per heavy atom. The number of nitrogens with one attached hydrogen (secondary N) is 1. The summed E-state index contributed by atoms with van der Waals surface area (Å²) < 4.78 is 72.9. The predicted molar refractivity (Wildman–Crippen MR) is 94.0 cm³/mol. The molecule has 0 heterocycles. The molecule has 3 aromatic rings. The Kier molecular flexibility index (Phi) is 5.67. The van der Waals surface area contributed by atoms with Crippen molar-refractivity contribution in [2.75, 3.05) is 5.32 Å². The predicted octanol–water partition coefficient (Wildman–Crippen LogP) is 5.91. The zero-order chi connectivity index (χ0) is 21.0. The third kappa shape index (κ3) is 5.44. The second-order valence-electron chi connectivity index (χ2n) is 5.70. The van der Waals surface area contributed by atoms with Crippen molar-refractivity contribution in [3.8, 4) is 17.2 Å². The summed E-state index contributed by atoms with van der Waals surface area (Å²) in [5, 5.41) is 2.36. The second-order valence-corrected chi connectivity index (χ2v) is 5.70. The van der Waals surface area contributed by atoms with Crippen LogP contribution < -0.4 is 14.8 Å². The Balaban J connectivity index is 1.64. The van der Waals surface area contributed by atoms with Crippen molar-refractivity contribution in [3.05, 3.63) is 83.9 Å². The first-order chi connectivity index (χ1) is 13.7. The largest absolute Gasteiger partial charge is 0.573 e. The molecule has 0 aliphatic heterocycles. The summed E-state index contributed by atoms with van der Waals surface area (Å²) in [5.41, 5.74) is -0.437. The van der Waals surface area contributed by atoms with Gasteiger partial charge >= 0.3 is 6.36 Å². The van der Waals surface area contributed by atoms with Crippen molar-refractivity contribution in [3.63, 3.8) is 0 Å². The van der Waals surface area contributed by atoms with Gasteiger partial charge in [-0.15, -0.1) is 13.2 Å². The molecule has 3 aromatic carbocycles. The monoisotopic (exact) mass is 409 g/mol. The maximum atomic E-state index is 13.6. The molecule has 9 heteroatoms. The lowest BCUT2D eigenvalue weighted by molar-refractivity contribution is -0.274. The molecule has 0 unspecified atom stereocenters. The lowest BCUT2D eigenvalue weighted by Gasteiger charge is -2.11. The first kappa shape index (κ1) is 20.1. The van der Waals surface area contributed by atoms with E-state index < -0.39 is 29.5 Å². The van der Waals surface area contributed by atoms with Crippen LogP contribution in [0.2, 0.25) is 0 Å². The van der Waals surface area contributed by atoms with E-state index in [-0.39, 0.29) is 17.2 Å². The molecule has 0 bridgehead atoms. The number of amides is 1. The van der Waals surface area contributed by atoms with E-state index in [1.54, 1.807) is 0 Å². The topological polar surface area (TPSA) is 47.6 Å². The summed E-state index contributed by atoms with van der Waals surface area (Å²) in [4.78, 5) is 12.0. The molecule has 1 N–H and O–H groups in total. The highest BCUT2D eigenvalue weighted by molar-refractivity contribution is 6.04. The average Bonchev–Trinajstić information content (AvgIpc) is 2.64. The van der Waals surface area contributed by atoms with Gasteiger partial charge in [0.25, 0.3) is 5.91 Å². The van der Waals surface area contributed by atoms with Gasteiger partial charge in [-0.2, -0.15) is 0 Å². The Morgan fingerprint density at radius 1 is 0.759 bits per heavy atom. The fourth-order valence-corrected chi connectivity index (χ4v) is 2.36. The summed E-state index contributed by atoms with van der Waals surface area (Å²) >= 11 is 0. The van der Waals surface area contributed by atoms with E-state index in [9.17, 15) is 26.7 Å². The van der Waals surface area contributed by atoms with Crippen LogP contribution in [0.1, 0.15) is 10.4 Å². The van der Waals surface area contributed by atoms with Crippen molar-refractivity contribution < 1.29 is 36.2 Å². The van der Waals surface area contributed by atoms with Crippen LogP contribution in [0.5, 0.6) is 17.2 Å². The van der Waals surface area contributed by atoms with E-state index in [2.05, 4.69) is 10.1 Å². The van der Waals surface area contributed by atoms with Crippen LogP contribution in [0.3, 0.4) is 0 Å². The third-order valence-electron chi connectivity index (χ3n) is 3.60. The molecule has 0 aromatic heterocycles. The van der Waals surface area contributed by atoms with Gasteiger partial charge in [0.05, 0.1) is 0 Å². The number of rotatable bonds is 5. The quantitative estimate of drug-likeness (QED) is 0.533. The number of alkyl halides is 3. The Bertz CT molecular complexity index is 982. The summed E-state index contributed by atoms with van der Waals surface area (Å²) in [6, 6.07) is 13.7. The number of benzene rings is 3. The van der Waals surface area contributed by atoms with Gasteiger partial charge in [-0.3, -0.25) is 4.79 Å². The van der Waals surface area contributed by atoms with Gasteiger partial charge in [-0.25, -0.2) is 8.78 Å². The molecule has 0 aliphatic rings. The minimum absolute atomic E-state index is 0.254. The van der Waals surface area contributed by atoms with Crippen molar-refractivity contribution in [1.82, 2.24) is 0 Å². The minimum atomic E-state index is -4.78. The smallest absolute Gasteiger partial charge is 0.457 e. The van der Waals surface area contributed by atoms with E-state index in [0.717, 1.165) is 30.3 Å². The van der Waals surface area contributed by atoms with Crippen molar-refractivity contribution >= 4 is 11.6 Å². The number of carbonyl (C=O) groups excluding carboxylic acids is 1. The Morgan fingerprint density at radius 2 is 1.24 bits per heavy atom. The van der Waals surface area contributed by atoms with Crippen LogP contribution in [0.25, 0.3) is 0 Å². The summed E-state index contributed by atoms with van der Waals surface area (Å²) in [6.45, 7) is 0. The third-order valence-corrected chi connectivity index (χ3v) is 3.60. The van der Waals surface area contributed by atoms with E-state index in [1.807, 2.05) is 0 Å². The normalized spacial score (nSPS) is 11.1. The maximum Gasteiger partial charge on any atom is 0.573 e. The Hall–Kier alpha value is -3.62. The van der Waals surface area contributed by atoms with Crippen molar-refractivity contribution in [2.45, 2.75) is 6.36 Å². The van der Waals surface area contributed by atoms with Crippen LogP contribution in [0, 0.1) is 11.6 Å². The minimum Gasteiger partial charge on any atom is -0.457 e. The molecule has 0 fully saturated rings. The zero-order valence-electron chi connectivity index (χ0n) is 14.5. The van der Waals surface area contributed by atoms with Gasteiger partial charge in [0.15, 0.2) is 0 Å². The molecular formula is C20H12F5NO3. The van der Waals surface area contributed by atoms with Crippen molar-refractivity contribution in [2.24, 2.45) is 0 Å². The van der Waals surface area contributed by atoms with Crippen LogP contribution in [-0.2, 0) is 0 Å². The molecule has 0 saturated heterocycles. The summed E-state index contributed by atoms with van der Waals surface area (Å²) in [7, 11) is 0. The maximum absolute atomic E-state index is 13.6. The molecule has 0 radical (unpaired) electrons. The van der Waals surface area contributed by atoms with Gasteiger partial charge in [0.1, 0.15) is 34.4 Å². The zero-order valence-corrected chi connectivity index (χ0v) is 14.5. The molecule has 150 valence electrons. The van der Waals surface area contributed by atoms with E-state index in [4.69, 9.17) is 4.74 Å². The fourth-order valence-electron chi connectivity index (χ4n) is 2.36.